The van der Waals surface area contributed by atoms with Crippen molar-refractivity contribution in [3.63, 3.8) is 0 Å². The lowest BCUT2D eigenvalue weighted by molar-refractivity contribution is -0.275. The van der Waals surface area contributed by atoms with Crippen LogP contribution in [0.15, 0.2) is 24.3 Å². The van der Waals surface area contributed by atoms with Crippen molar-refractivity contribution < 1.29 is 23.0 Å². The molecular weight excluding hydrogens is 185 g/mol. The molecule has 1 aromatic carbocycles. The second-order valence-corrected chi connectivity index (χ2v) is 2.31. The van der Waals surface area contributed by atoms with Crippen molar-refractivity contribution >= 4 is 0 Å². The zero-order chi connectivity index (χ0) is 9.90. The molecule has 0 aromatic heterocycles. The fourth-order valence-corrected chi connectivity index (χ4v) is 0.859. The van der Waals surface area contributed by atoms with E-state index in [2.05, 4.69) is 4.74 Å². The van der Waals surface area contributed by atoms with Crippen molar-refractivity contribution in [2.24, 2.45) is 0 Å². The summed E-state index contributed by atoms with van der Waals surface area (Å²) in [6.07, 6.45) is -4.72. The number of hydrogen-bond acceptors (Lipinski definition) is 2. The molecule has 0 aliphatic carbocycles. The molecule has 1 rings (SSSR count). The van der Waals surface area contributed by atoms with E-state index in [0.717, 1.165) is 6.07 Å². The average Bonchev–Trinajstić information content (AvgIpc) is 2.02. The summed E-state index contributed by atoms with van der Waals surface area (Å²) in [5, 5.41) is 8.67. The number of halogens is 3. The van der Waals surface area contributed by atoms with Crippen LogP contribution in [0.3, 0.4) is 0 Å². The van der Waals surface area contributed by atoms with Gasteiger partial charge in [-0.1, -0.05) is 18.2 Å². The Morgan fingerprint density at radius 1 is 1.23 bits per heavy atom. The van der Waals surface area contributed by atoms with Crippen LogP contribution in [0.5, 0.6) is 5.75 Å². The number of para-hydroxylation sites is 1. The van der Waals surface area contributed by atoms with E-state index in [-0.39, 0.29) is 11.3 Å². The van der Waals surface area contributed by atoms with Gasteiger partial charge in [-0.25, -0.2) is 0 Å². The van der Waals surface area contributed by atoms with E-state index >= 15 is 0 Å². The molecule has 1 N–H and O–H groups in total. The summed E-state index contributed by atoms with van der Waals surface area (Å²) in [5.41, 5.74) is 0.111. The lowest BCUT2D eigenvalue weighted by atomic mass is 10.2. The molecular formula is C8H7F3O2. The number of rotatable bonds is 2. The van der Waals surface area contributed by atoms with Crippen LogP contribution in [0, 0.1) is 0 Å². The van der Waals surface area contributed by atoms with Crippen LogP contribution in [0.4, 0.5) is 13.2 Å². The Kier molecular flexibility index (Phi) is 2.77. The molecule has 0 bridgehead atoms. The molecule has 2 nitrogen and oxygen atoms in total. The molecule has 0 saturated heterocycles. The molecule has 0 aliphatic heterocycles. The highest BCUT2D eigenvalue weighted by Gasteiger charge is 2.31. The molecule has 1 aromatic rings. The SMILES string of the molecule is OCc1ccccc1OC(F)(F)F. The number of benzene rings is 1. The van der Waals surface area contributed by atoms with E-state index in [4.69, 9.17) is 5.11 Å². The van der Waals surface area contributed by atoms with Gasteiger partial charge in [0.05, 0.1) is 6.61 Å². The van der Waals surface area contributed by atoms with Crippen LogP contribution in [0.1, 0.15) is 5.56 Å². The van der Waals surface area contributed by atoms with Gasteiger partial charge < -0.3 is 9.84 Å². The monoisotopic (exact) mass is 192 g/mol. The van der Waals surface area contributed by atoms with Crippen molar-refractivity contribution in [1.29, 1.82) is 0 Å². The van der Waals surface area contributed by atoms with Gasteiger partial charge in [0.15, 0.2) is 0 Å². The minimum atomic E-state index is -4.72. The average molecular weight is 192 g/mol. The van der Waals surface area contributed by atoms with Crippen molar-refractivity contribution in [1.82, 2.24) is 0 Å². The Labute approximate surface area is 72.6 Å². The summed E-state index contributed by atoms with van der Waals surface area (Å²) in [6.45, 7) is -0.480. The van der Waals surface area contributed by atoms with Crippen molar-refractivity contribution in [2.75, 3.05) is 0 Å². The van der Waals surface area contributed by atoms with Gasteiger partial charge in [0, 0.05) is 5.56 Å². The van der Waals surface area contributed by atoms with Gasteiger partial charge in [0.2, 0.25) is 0 Å². The Morgan fingerprint density at radius 2 is 1.85 bits per heavy atom. The summed E-state index contributed by atoms with van der Waals surface area (Å²) in [4.78, 5) is 0. The van der Waals surface area contributed by atoms with Crippen molar-refractivity contribution in [2.45, 2.75) is 13.0 Å². The van der Waals surface area contributed by atoms with Gasteiger partial charge in [-0.05, 0) is 6.07 Å². The number of ether oxygens (including phenoxy) is 1. The molecule has 72 valence electrons. The summed E-state index contributed by atoms with van der Waals surface area (Å²) < 4.78 is 38.9. The van der Waals surface area contributed by atoms with Gasteiger partial charge in [0.25, 0.3) is 0 Å². The zero-order valence-electron chi connectivity index (χ0n) is 6.51. The first kappa shape index (κ1) is 9.85. The zero-order valence-corrected chi connectivity index (χ0v) is 6.51. The lowest BCUT2D eigenvalue weighted by Crippen LogP contribution is -2.18. The second kappa shape index (κ2) is 3.66. The van der Waals surface area contributed by atoms with E-state index in [9.17, 15) is 13.2 Å². The molecule has 0 saturated carbocycles. The number of aliphatic hydroxyl groups excluding tert-OH is 1. The summed E-state index contributed by atoms with van der Waals surface area (Å²) in [6, 6.07) is 5.44. The Balaban J connectivity index is 2.87. The fraction of sp³-hybridized carbons (Fsp3) is 0.250. The molecule has 5 heteroatoms. The molecule has 13 heavy (non-hydrogen) atoms. The van der Waals surface area contributed by atoms with Crippen LogP contribution in [-0.4, -0.2) is 11.5 Å². The molecule has 0 fully saturated rings. The van der Waals surface area contributed by atoms with E-state index in [1.165, 1.54) is 18.2 Å². The van der Waals surface area contributed by atoms with E-state index < -0.39 is 13.0 Å². The number of hydrogen-bond donors (Lipinski definition) is 1. The minimum absolute atomic E-state index is 0.111. The molecule has 0 heterocycles. The fourth-order valence-electron chi connectivity index (χ4n) is 0.859. The highest BCUT2D eigenvalue weighted by Crippen LogP contribution is 2.25. The predicted octanol–water partition coefficient (Wildman–Crippen LogP) is 2.08. The molecule has 0 spiro atoms. The third-order valence-corrected chi connectivity index (χ3v) is 1.37. The first-order valence-electron chi connectivity index (χ1n) is 3.47. The summed E-state index contributed by atoms with van der Waals surface area (Å²) in [5.74, 6) is -0.363. The molecule has 0 amide bonds. The number of alkyl halides is 3. The first-order valence-corrected chi connectivity index (χ1v) is 3.47. The highest BCUT2D eigenvalue weighted by atomic mass is 19.4. The van der Waals surface area contributed by atoms with Crippen LogP contribution in [0.25, 0.3) is 0 Å². The van der Waals surface area contributed by atoms with Gasteiger partial charge in [-0.15, -0.1) is 13.2 Å². The van der Waals surface area contributed by atoms with E-state index in [0.29, 0.717) is 0 Å². The van der Waals surface area contributed by atoms with Crippen LogP contribution >= 0.6 is 0 Å². The third-order valence-electron chi connectivity index (χ3n) is 1.37. The highest BCUT2D eigenvalue weighted by molar-refractivity contribution is 5.32. The molecule has 0 atom stereocenters. The standard InChI is InChI=1S/C8H7F3O2/c9-8(10,11)13-7-4-2-1-3-6(7)5-12/h1-4,12H,5H2. The normalized spacial score (nSPS) is 11.4. The topological polar surface area (TPSA) is 29.5 Å². The van der Waals surface area contributed by atoms with Crippen LogP contribution < -0.4 is 4.74 Å². The van der Waals surface area contributed by atoms with Gasteiger partial charge in [-0.2, -0.15) is 0 Å². The largest absolute Gasteiger partial charge is 0.573 e. The molecule has 0 unspecified atom stereocenters. The van der Waals surface area contributed by atoms with Crippen LogP contribution in [0.2, 0.25) is 0 Å². The Bertz CT molecular complexity index is 283. The quantitative estimate of drug-likeness (QED) is 0.777. The van der Waals surface area contributed by atoms with Gasteiger partial charge >= 0.3 is 6.36 Å². The first-order chi connectivity index (χ1) is 6.03. The maximum atomic E-state index is 11.8. The van der Waals surface area contributed by atoms with Crippen molar-refractivity contribution in [3.8, 4) is 5.75 Å². The smallest absolute Gasteiger partial charge is 0.405 e. The summed E-state index contributed by atoms with van der Waals surface area (Å²) in [7, 11) is 0. The van der Waals surface area contributed by atoms with Gasteiger partial charge in [-0.3, -0.25) is 0 Å². The Morgan fingerprint density at radius 3 is 2.38 bits per heavy atom. The van der Waals surface area contributed by atoms with E-state index in [1.54, 1.807) is 0 Å². The molecule has 0 radical (unpaired) electrons. The maximum absolute atomic E-state index is 11.8. The summed E-state index contributed by atoms with van der Waals surface area (Å²) >= 11 is 0. The third kappa shape index (κ3) is 2.95. The van der Waals surface area contributed by atoms with E-state index in [1.807, 2.05) is 0 Å². The van der Waals surface area contributed by atoms with Crippen LogP contribution in [-0.2, 0) is 6.61 Å². The Hall–Kier alpha value is -1.23. The lowest BCUT2D eigenvalue weighted by Gasteiger charge is -2.11. The maximum Gasteiger partial charge on any atom is 0.573 e. The molecule has 0 aliphatic rings. The number of aliphatic hydroxyl groups is 1. The minimum Gasteiger partial charge on any atom is -0.405 e. The van der Waals surface area contributed by atoms with Gasteiger partial charge in [0.1, 0.15) is 5.75 Å². The van der Waals surface area contributed by atoms with Crippen molar-refractivity contribution in [3.05, 3.63) is 29.8 Å². The second-order valence-electron chi connectivity index (χ2n) is 2.31. The predicted molar refractivity (Wildman–Crippen MR) is 39.0 cm³/mol.